The molecule has 5 N–H and O–H groups in total. The summed E-state index contributed by atoms with van der Waals surface area (Å²) in [4.78, 5) is 4.96. The molecule has 6 atom stereocenters. The van der Waals surface area contributed by atoms with E-state index < -0.39 is 10.1 Å². The summed E-state index contributed by atoms with van der Waals surface area (Å²) in [5.41, 5.74) is 4.80. The van der Waals surface area contributed by atoms with Gasteiger partial charge in [-0.05, 0) is 109 Å². The van der Waals surface area contributed by atoms with Crippen molar-refractivity contribution in [2.75, 3.05) is 46.7 Å². The number of hydrogen-bond acceptors (Lipinski definition) is 10. The van der Waals surface area contributed by atoms with Gasteiger partial charge in [0, 0.05) is 39.7 Å². The monoisotopic (exact) mass is 708 g/mol. The molecule has 3 unspecified atom stereocenters. The number of fused-ring (bicyclic) bond motifs is 6. The van der Waals surface area contributed by atoms with Crippen molar-refractivity contribution in [1.29, 1.82) is 0 Å². The number of aliphatic hydroxyl groups excluding tert-OH is 2. The van der Waals surface area contributed by atoms with Crippen LogP contribution in [0.4, 0.5) is 0 Å². The number of aromatic hydroxyl groups is 2. The van der Waals surface area contributed by atoms with Gasteiger partial charge in [0.25, 0.3) is 10.1 Å². The molecule has 0 aromatic heterocycles. The van der Waals surface area contributed by atoms with Crippen molar-refractivity contribution in [2.45, 2.75) is 90.5 Å². The molecule has 6 rings (SSSR count). The van der Waals surface area contributed by atoms with Gasteiger partial charge in [0.1, 0.15) is 0 Å². The summed E-state index contributed by atoms with van der Waals surface area (Å²) in [5, 5.41) is 41.3. The highest BCUT2D eigenvalue weighted by molar-refractivity contribution is 7.85. The highest BCUT2D eigenvalue weighted by atomic mass is 32.2. The Hall–Kier alpha value is -2.61. The Labute approximate surface area is 294 Å². The average molecular weight is 709 g/mol. The van der Waals surface area contributed by atoms with E-state index in [2.05, 4.69) is 37.5 Å². The first kappa shape index (κ1) is 39.2. The number of aliphatic hydroxyl groups is 2. The van der Waals surface area contributed by atoms with E-state index >= 15 is 0 Å². The Bertz CT molecular complexity index is 1420. The van der Waals surface area contributed by atoms with Gasteiger partial charge in [-0.1, -0.05) is 27.7 Å². The van der Waals surface area contributed by atoms with Gasteiger partial charge in [-0.25, -0.2) is 0 Å². The summed E-state index contributed by atoms with van der Waals surface area (Å²) < 4.78 is 36.3. The normalized spacial score (nSPS) is 26.6. The lowest BCUT2D eigenvalue weighted by Gasteiger charge is -2.46. The first-order valence-electron chi connectivity index (χ1n) is 17.5. The summed E-state index contributed by atoms with van der Waals surface area (Å²) in [6.07, 6.45) is 5.84. The molecule has 11 nitrogen and oxygen atoms in total. The zero-order valence-corrected chi connectivity index (χ0v) is 31.0. The molecule has 2 aromatic rings. The lowest BCUT2D eigenvalue weighted by Crippen LogP contribution is -2.48. The van der Waals surface area contributed by atoms with E-state index in [9.17, 15) is 28.8 Å². The van der Waals surface area contributed by atoms with Crippen LogP contribution in [0.3, 0.4) is 0 Å². The molecule has 0 bridgehead atoms. The molecule has 0 radical (unpaired) electrons. The molecule has 278 valence electrons. The van der Waals surface area contributed by atoms with Gasteiger partial charge < -0.3 is 29.9 Å². The Kier molecular flexibility index (Phi) is 13.3. The van der Waals surface area contributed by atoms with Gasteiger partial charge in [-0.3, -0.25) is 14.4 Å². The summed E-state index contributed by atoms with van der Waals surface area (Å²) >= 11 is 0. The first-order valence-corrected chi connectivity index (χ1v) is 19.4. The molecule has 2 saturated heterocycles. The molecule has 0 saturated carbocycles. The second-order valence-corrected chi connectivity index (χ2v) is 16.6. The summed E-state index contributed by atoms with van der Waals surface area (Å²) in [6.45, 7) is 12.8. The average Bonchev–Trinajstić information content (AvgIpc) is 3.00. The topological polar surface area (TPSA) is 160 Å². The Morgan fingerprint density at radius 1 is 0.755 bits per heavy atom. The van der Waals surface area contributed by atoms with Gasteiger partial charge in [-0.2, -0.15) is 8.42 Å². The second kappa shape index (κ2) is 16.6. The molecular formula is C37H60N2O9S. The summed E-state index contributed by atoms with van der Waals surface area (Å²) in [6, 6.07) is 8.02. The van der Waals surface area contributed by atoms with Crippen LogP contribution in [0.5, 0.6) is 23.0 Å². The maximum atomic E-state index is 10.5. The molecule has 49 heavy (non-hydrogen) atoms. The van der Waals surface area contributed by atoms with Crippen LogP contribution in [0.15, 0.2) is 24.3 Å². The fraction of sp³-hybridized carbons (Fsp3) is 0.676. The van der Waals surface area contributed by atoms with E-state index in [1.807, 2.05) is 24.3 Å². The SMILES string of the molecule is COc1cc2c(cc1O)C1C[C@@H](O)C(CC(C)C)CN1CC2.COc1cc2c(cc1O)C1C[C@@H](O)[C@@H](CC(C)C)CN1CC2.CS(=O)(=O)O.[HH]. The van der Waals surface area contributed by atoms with Crippen LogP contribution in [0.2, 0.25) is 0 Å². The Morgan fingerprint density at radius 2 is 1.10 bits per heavy atom. The minimum absolute atomic E-state index is 0. The number of piperidine rings is 2. The lowest BCUT2D eigenvalue weighted by molar-refractivity contribution is -0.0192. The van der Waals surface area contributed by atoms with Crippen molar-refractivity contribution < 1.29 is 44.3 Å². The quantitative estimate of drug-likeness (QED) is 0.251. The largest absolute Gasteiger partial charge is 0.504 e. The van der Waals surface area contributed by atoms with Crippen molar-refractivity contribution in [3.05, 3.63) is 46.5 Å². The van der Waals surface area contributed by atoms with E-state index in [0.29, 0.717) is 41.4 Å². The number of methoxy groups -OCH3 is 2. The highest BCUT2D eigenvalue weighted by Gasteiger charge is 2.40. The van der Waals surface area contributed by atoms with Crippen molar-refractivity contribution in [3.8, 4) is 23.0 Å². The smallest absolute Gasteiger partial charge is 0.261 e. The van der Waals surface area contributed by atoms with Gasteiger partial charge in [0.2, 0.25) is 0 Å². The molecule has 2 aromatic carbocycles. The number of benzene rings is 2. The van der Waals surface area contributed by atoms with Crippen LogP contribution in [0, 0.1) is 23.7 Å². The van der Waals surface area contributed by atoms with E-state index in [-0.39, 0.29) is 37.2 Å². The zero-order valence-electron chi connectivity index (χ0n) is 30.2. The van der Waals surface area contributed by atoms with Crippen LogP contribution in [0.1, 0.15) is 89.1 Å². The van der Waals surface area contributed by atoms with Crippen LogP contribution < -0.4 is 9.47 Å². The van der Waals surface area contributed by atoms with E-state index in [1.165, 1.54) is 11.1 Å². The maximum absolute atomic E-state index is 10.5. The lowest BCUT2D eigenvalue weighted by atomic mass is 9.79. The molecule has 2 fully saturated rings. The predicted octanol–water partition coefficient (Wildman–Crippen LogP) is 5.20. The third-order valence-electron chi connectivity index (χ3n) is 10.3. The van der Waals surface area contributed by atoms with Crippen LogP contribution in [0.25, 0.3) is 0 Å². The van der Waals surface area contributed by atoms with E-state index in [4.69, 9.17) is 14.0 Å². The number of phenols is 2. The predicted molar refractivity (Wildman–Crippen MR) is 192 cm³/mol. The second-order valence-electron chi connectivity index (χ2n) is 15.1. The molecule has 0 spiro atoms. The Morgan fingerprint density at radius 3 is 1.41 bits per heavy atom. The molecule has 0 aliphatic carbocycles. The van der Waals surface area contributed by atoms with Crippen molar-refractivity contribution in [3.63, 3.8) is 0 Å². The first-order chi connectivity index (χ1) is 23.0. The number of nitrogens with zero attached hydrogens (tertiary/aromatic N) is 2. The van der Waals surface area contributed by atoms with Gasteiger partial charge in [0.05, 0.1) is 32.7 Å². The van der Waals surface area contributed by atoms with Gasteiger partial charge >= 0.3 is 0 Å². The maximum Gasteiger partial charge on any atom is 0.261 e. The number of hydrogen-bond donors (Lipinski definition) is 5. The third-order valence-corrected chi connectivity index (χ3v) is 10.3. The van der Waals surface area contributed by atoms with Crippen LogP contribution in [-0.2, 0) is 23.0 Å². The molecule has 0 amide bonds. The molecule has 4 heterocycles. The van der Waals surface area contributed by atoms with Crippen molar-refractivity contribution in [1.82, 2.24) is 9.80 Å². The standard InChI is InChI=1S/2C18H27NO3.CH4O3S.H2/c2*1-11(2)6-13-10-19-5-4-12-7-18(22-3)17(21)8-14(12)15(19)9-16(13)20;1-5(2,3)4;/h2*7-8,11,13,15-16,20-21H,4-6,9-10H2,1-3H3;1H3,(H,2,3,4);1H/t13?,15?,16-;13-,15?,16+;;/m10../s1. The van der Waals surface area contributed by atoms with Gasteiger partial charge in [0.15, 0.2) is 23.0 Å². The van der Waals surface area contributed by atoms with Crippen LogP contribution >= 0.6 is 0 Å². The molecule has 4 aliphatic heterocycles. The van der Waals surface area contributed by atoms with Crippen molar-refractivity contribution >= 4 is 10.1 Å². The minimum Gasteiger partial charge on any atom is -0.504 e. The van der Waals surface area contributed by atoms with Crippen molar-refractivity contribution in [2.24, 2.45) is 23.7 Å². The Balaban J connectivity index is 0.000000234. The van der Waals surface area contributed by atoms with E-state index in [1.54, 1.807) is 14.2 Å². The van der Waals surface area contributed by atoms with Gasteiger partial charge in [-0.15, -0.1) is 0 Å². The minimum atomic E-state index is -3.67. The number of rotatable bonds is 6. The number of ether oxygens (including phenoxy) is 2. The molecule has 4 aliphatic rings. The zero-order chi connectivity index (χ0) is 36.2. The molecular weight excluding hydrogens is 648 g/mol. The van der Waals surface area contributed by atoms with E-state index in [0.717, 1.165) is 75.8 Å². The fourth-order valence-electron chi connectivity index (χ4n) is 8.22. The number of phenolic OH excluding ortho intramolecular Hbond substituents is 2. The summed E-state index contributed by atoms with van der Waals surface area (Å²) in [7, 11) is -0.505. The molecule has 12 heteroatoms. The summed E-state index contributed by atoms with van der Waals surface area (Å²) in [5.74, 6) is 3.43. The third kappa shape index (κ3) is 10.2. The van der Waals surface area contributed by atoms with Crippen LogP contribution in [-0.4, -0.2) is 102 Å². The highest BCUT2D eigenvalue weighted by Crippen LogP contribution is 2.45. The fourth-order valence-corrected chi connectivity index (χ4v) is 8.22.